The van der Waals surface area contributed by atoms with Crippen molar-refractivity contribution >= 4 is 23.4 Å². The number of hydrogen-bond donors (Lipinski definition) is 4. The Hall–Kier alpha value is -5.58. The highest BCUT2D eigenvalue weighted by molar-refractivity contribution is 6.04. The van der Waals surface area contributed by atoms with Gasteiger partial charge in [0.05, 0.1) is 11.9 Å². The summed E-state index contributed by atoms with van der Waals surface area (Å²) in [6.45, 7) is 0. The van der Waals surface area contributed by atoms with Crippen LogP contribution in [0.3, 0.4) is 0 Å². The van der Waals surface area contributed by atoms with Gasteiger partial charge < -0.3 is 15.4 Å². The number of ether oxygens (including phenoxy) is 1. The lowest BCUT2D eigenvalue weighted by molar-refractivity contribution is -0.104. The fraction of sp³-hybridized carbons (Fsp3) is 0. The van der Waals surface area contributed by atoms with Crippen LogP contribution in [0, 0.1) is 11.6 Å². The van der Waals surface area contributed by atoms with Crippen LogP contribution in [-0.4, -0.2) is 26.9 Å². The molecule has 1 amide bonds. The summed E-state index contributed by atoms with van der Waals surface area (Å²) in [6.07, 6.45) is 11.1. The average molecular weight is 528 g/mol. The van der Waals surface area contributed by atoms with Gasteiger partial charge in [0, 0.05) is 53.2 Å². The van der Waals surface area contributed by atoms with Gasteiger partial charge in [-0.15, -0.1) is 0 Å². The van der Waals surface area contributed by atoms with Crippen LogP contribution >= 0.6 is 0 Å². The second kappa shape index (κ2) is 10.8. The lowest BCUT2D eigenvalue weighted by atomic mass is 10.1. The van der Waals surface area contributed by atoms with E-state index in [2.05, 4.69) is 20.8 Å². The van der Waals surface area contributed by atoms with Gasteiger partial charge in [0.2, 0.25) is 0 Å². The summed E-state index contributed by atoms with van der Waals surface area (Å²) in [6, 6.07) is 12.0. The molecule has 2 aromatic carbocycles. The Labute approximate surface area is 220 Å². The van der Waals surface area contributed by atoms with Crippen molar-refractivity contribution in [1.82, 2.24) is 20.1 Å². The number of nitrogens with two attached hydrogens (primary N) is 1. The maximum atomic E-state index is 15.0. The molecule has 4 aromatic rings. The molecule has 0 radical (unpaired) electrons. The van der Waals surface area contributed by atoms with Crippen LogP contribution in [0.1, 0.15) is 15.9 Å². The second-order valence-electron chi connectivity index (χ2n) is 8.29. The minimum atomic E-state index is -0.749. The number of dihydropyridines is 1. The number of H-pyrrole nitrogens is 1. The number of aromatic nitrogens is 3. The van der Waals surface area contributed by atoms with Crippen molar-refractivity contribution in [1.29, 1.82) is 0 Å². The van der Waals surface area contributed by atoms with E-state index in [1.54, 1.807) is 30.7 Å². The molecule has 0 saturated carbocycles. The van der Waals surface area contributed by atoms with E-state index in [0.717, 1.165) is 17.2 Å². The SMILES string of the molecule is [NH2+]=C/C=C1\NC=C(c2cn[nH]c2)C=C1Oc1ccc(NC(=O)c2cccn(-c3ccc(F)cc3)c2=O)cc1F. The summed E-state index contributed by atoms with van der Waals surface area (Å²) >= 11 is 0. The van der Waals surface area contributed by atoms with Gasteiger partial charge in [-0.2, -0.15) is 5.10 Å². The van der Waals surface area contributed by atoms with Crippen LogP contribution in [0.5, 0.6) is 5.75 Å². The van der Waals surface area contributed by atoms with Gasteiger partial charge in [-0.05, 0) is 54.6 Å². The van der Waals surface area contributed by atoms with Gasteiger partial charge >= 0.3 is 0 Å². The van der Waals surface area contributed by atoms with Crippen molar-refractivity contribution in [2.75, 3.05) is 5.32 Å². The molecule has 0 spiro atoms. The van der Waals surface area contributed by atoms with E-state index in [-0.39, 0.29) is 17.0 Å². The quantitative estimate of drug-likeness (QED) is 0.275. The predicted octanol–water partition coefficient (Wildman–Crippen LogP) is 2.71. The Morgan fingerprint density at radius 1 is 1.13 bits per heavy atom. The zero-order chi connectivity index (χ0) is 27.4. The molecule has 0 aliphatic carbocycles. The Morgan fingerprint density at radius 2 is 1.95 bits per heavy atom. The van der Waals surface area contributed by atoms with Crippen molar-refractivity contribution in [3.8, 4) is 11.4 Å². The Kier molecular flexibility index (Phi) is 6.95. The molecule has 3 heterocycles. The molecule has 1 aliphatic heterocycles. The average Bonchev–Trinajstić information content (AvgIpc) is 3.47. The molecule has 5 N–H and O–H groups in total. The zero-order valence-electron chi connectivity index (χ0n) is 20.2. The Morgan fingerprint density at radius 3 is 2.67 bits per heavy atom. The first-order valence-electron chi connectivity index (χ1n) is 11.6. The van der Waals surface area contributed by atoms with Crippen LogP contribution < -0.4 is 26.3 Å². The van der Waals surface area contributed by atoms with E-state index < -0.39 is 23.1 Å². The van der Waals surface area contributed by atoms with Gasteiger partial charge in [0.15, 0.2) is 23.5 Å². The molecule has 0 saturated heterocycles. The van der Waals surface area contributed by atoms with Crippen LogP contribution in [0.2, 0.25) is 0 Å². The minimum Gasteiger partial charge on any atom is -0.452 e. The van der Waals surface area contributed by atoms with Gasteiger partial charge in [0.1, 0.15) is 11.4 Å². The van der Waals surface area contributed by atoms with Crippen LogP contribution in [0.4, 0.5) is 14.5 Å². The molecule has 9 nitrogen and oxygen atoms in total. The molecule has 11 heteroatoms. The number of nitrogens with zero attached hydrogens (tertiary/aromatic N) is 2. The number of amides is 1. The van der Waals surface area contributed by atoms with Crippen molar-refractivity contribution in [2.45, 2.75) is 0 Å². The molecule has 0 fully saturated rings. The number of anilines is 1. The topological polar surface area (TPSA) is 127 Å². The smallest absolute Gasteiger partial charge is 0.267 e. The standard InChI is InChI=1S/C28H20F2N6O3/c29-19-3-6-21(7-4-19)36-11-1-2-22(28(36)38)27(37)35-20-5-8-25(23(30)13-20)39-26-12-17(18-15-33-34-16-18)14-32-24(26)9-10-31/h1-16,31-32H,(H,33,34)(H,35,37)/p+1/b24-9-,31-10?. The molecule has 0 atom stereocenters. The summed E-state index contributed by atoms with van der Waals surface area (Å²) in [5, 5.41) is 17.8. The molecule has 0 bridgehead atoms. The number of hydrogen-bond acceptors (Lipinski definition) is 5. The van der Waals surface area contributed by atoms with Gasteiger partial charge in [-0.1, -0.05) is 0 Å². The van der Waals surface area contributed by atoms with E-state index in [9.17, 15) is 14.0 Å². The number of rotatable bonds is 7. The largest absolute Gasteiger partial charge is 0.452 e. The molecular formula is C28H21F2N6O3+. The molecular weight excluding hydrogens is 506 g/mol. The van der Waals surface area contributed by atoms with Crippen LogP contribution in [-0.2, 0) is 0 Å². The Balaban J connectivity index is 1.36. The summed E-state index contributed by atoms with van der Waals surface area (Å²) in [4.78, 5) is 25.8. The van der Waals surface area contributed by atoms with E-state index in [4.69, 9.17) is 10.1 Å². The normalized spacial score (nSPS) is 13.7. The first-order chi connectivity index (χ1) is 18.9. The molecule has 2 aromatic heterocycles. The highest BCUT2D eigenvalue weighted by atomic mass is 19.1. The number of allylic oxidation sites excluding steroid dienone is 3. The highest BCUT2D eigenvalue weighted by Gasteiger charge is 2.18. The first kappa shape index (κ1) is 25.1. The monoisotopic (exact) mass is 527 g/mol. The summed E-state index contributed by atoms with van der Waals surface area (Å²) in [5.41, 5.74) is 1.75. The number of halogens is 2. The number of nitrogens with one attached hydrogen (secondary N) is 3. The highest BCUT2D eigenvalue weighted by Crippen LogP contribution is 2.28. The van der Waals surface area contributed by atoms with E-state index in [1.807, 2.05) is 0 Å². The van der Waals surface area contributed by atoms with E-state index in [0.29, 0.717) is 17.1 Å². The predicted molar refractivity (Wildman–Crippen MR) is 141 cm³/mol. The number of pyridine rings is 1. The number of carbonyl (C=O) groups excluding carboxylic acids is 1. The van der Waals surface area contributed by atoms with Crippen molar-refractivity contribution in [2.24, 2.45) is 0 Å². The zero-order valence-corrected chi connectivity index (χ0v) is 20.2. The van der Waals surface area contributed by atoms with Crippen LogP contribution in [0.25, 0.3) is 11.3 Å². The van der Waals surface area contributed by atoms with Crippen molar-refractivity contribution < 1.29 is 23.7 Å². The molecule has 0 unspecified atom stereocenters. The third-order valence-corrected chi connectivity index (χ3v) is 5.74. The lowest BCUT2D eigenvalue weighted by Gasteiger charge is -2.19. The maximum Gasteiger partial charge on any atom is 0.267 e. The summed E-state index contributed by atoms with van der Waals surface area (Å²) in [7, 11) is 0. The maximum absolute atomic E-state index is 15.0. The van der Waals surface area contributed by atoms with Crippen molar-refractivity contribution in [3.05, 3.63) is 136 Å². The van der Waals surface area contributed by atoms with Gasteiger partial charge in [-0.25, -0.2) is 8.78 Å². The first-order valence-corrected chi connectivity index (χ1v) is 11.6. The Bertz CT molecular complexity index is 1700. The fourth-order valence-corrected chi connectivity index (χ4v) is 3.82. The van der Waals surface area contributed by atoms with Gasteiger partial charge in [-0.3, -0.25) is 24.7 Å². The van der Waals surface area contributed by atoms with E-state index >= 15 is 4.39 Å². The fourth-order valence-electron chi connectivity index (χ4n) is 3.82. The molecule has 194 valence electrons. The molecule has 1 aliphatic rings. The summed E-state index contributed by atoms with van der Waals surface area (Å²) < 4.78 is 35.3. The van der Waals surface area contributed by atoms with E-state index in [1.165, 1.54) is 65.5 Å². The van der Waals surface area contributed by atoms with Crippen molar-refractivity contribution in [3.63, 3.8) is 0 Å². The number of carbonyl (C=O) groups is 1. The second-order valence-corrected chi connectivity index (χ2v) is 8.29. The van der Waals surface area contributed by atoms with Gasteiger partial charge in [0.25, 0.3) is 11.5 Å². The lowest BCUT2D eigenvalue weighted by Crippen LogP contribution is -2.29. The third kappa shape index (κ3) is 5.42. The third-order valence-electron chi connectivity index (χ3n) is 5.74. The molecule has 5 rings (SSSR count). The number of benzene rings is 2. The molecule has 39 heavy (non-hydrogen) atoms. The number of aromatic amines is 1. The summed E-state index contributed by atoms with van der Waals surface area (Å²) in [5.74, 6) is -1.73. The van der Waals surface area contributed by atoms with Crippen LogP contribution in [0.15, 0.2) is 108 Å². The minimum absolute atomic E-state index is 0.101.